The summed E-state index contributed by atoms with van der Waals surface area (Å²) in [4.78, 5) is 25.9. The molecular formula is C20H21FN2O4. The third-order valence-electron chi connectivity index (χ3n) is 4.27. The van der Waals surface area contributed by atoms with Crippen molar-refractivity contribution in [2.75, 3.05) is 37.1 Å². The second-order valence-corrected chi connectivity index (χ2v) is 6.17. The molecule has 1 N–H and O–H groups in total. The third-order valence-corrected chi connectivity index (χ3v) is 4.27. The molecule has 0 saturated carbocycles. The van der Waals surface area contributed by atoms with Gasteiger partial charge in [0.2, 0.25) is 5.91 Å². The molecule has 0 unspecified atom stereocenters. The van der Waals surface area contributed by atoms with E-state index in [0.717, 1.165) is 11.3 Å². The molecule has 2 aromatic rings. The summed E-state index contributed by atoms with van der Waals surface area (Å²) in [6, 6.07) is 10.9. The Hall–Kier alpha value is -2.93. The van der Waals surface area contributed by atoms with Gasteiger partial charge in [-0.05, 0) is 54.4 Å². The summed E-state index contributed by atoms with van der Waals surface area (Å²) in [5.41, 5.74) is 2.49. The van der Waals surface area contributed by atoms with E-state index in [1.165, 1.54) is 24.3 Å². The Morgan fingerprint density at radius 1 is 1.19 bits per heavy atom. The predicted octanol–water partition coefficient (Wildman–Crippen LogP) is 2.77. The van der Waals surface area contributed by atoms with Crippen LogP contribution in [0.15, 0.2) is 42.5 Å². The van der Waals surface area contributed by atoms with Gasteiger partial charge in [0, 0.05) is 31.5 Å². The monoisotopic (exact) mass is 372 g/mol. The van der Waals surface area contributed by atoms with Crippen LogP contribution in [0.4, 0.5) is 15.8 Å². The Kier molecular flexibility index (Phi) is 6.03. The summed E-state index contributed by atoms with van der Waals surface area (Å²) < 4.78 is 23.3. The fourth-order valence-corrected chi connectivity index (χ4v) is 2.94. The summed E-state index contributed by atoms with van der Waals surface area (Å²) in [5.74, 6) is -0.186. The molecule has 2 aromatic carbocycles. The predicted molar refractivity (Wildman–Crippen MR) is 99.5 cm³/mol. The first kappa shape index (κ1) is 18.8. The molecule has 0 aliphatic carbocycles. The van der Waals surface area contributed by atoms with Crippen molar-refractivity contribution in [2.24, 2.45) is 0 Å². The van der Waals surface area contributed by atoms with E-state index in [0.29, 0.717) is 37.4 Å². The number of anilines is 2. The number of methoxy groups -OCH3 is 1. The van der Waals surface area contributed by atoms with Crippen LogP contribution < -0.4 is 15.0 Å². The minimum Gasteiger partial charge on any atom is -0.484 e. The maximum Gasteiger partial charge on any atom is 0.262 e. The highest BCUT2D eigenvalue weighted by Gasteiger charge is 2.24. The van der Waals surface area contributed by atoms with Crippen molar-refractivity contribution < 1.29 is 23.5 Å². The van der Waals surface area contributed by atoms with Crippen LogP contribution in [0.25, 0.3) is 0 Å². The van der Waals surface area contributed by atoms with Gasteiger partial charge in [0.05, 0.1) is 6.61 Å². The number of hydrogen-bond donors (Lipinski definition) is 1. The summed E-state index contributed by atoms with van der Waals surface area (Å²) in [6.07, 6.45) is 1.06. The summed E-state index contributed by atoms with van der Waals surface area (Å²) in [6.45, 7) is 0.783. The molecule has 0 saturated heterocycles. The number of carbonyl (C=O) groups excluding carboxylic acids is 2. The first-order valence-electron chi connectivity index (χ1n) is 8.67. The van der Waals surface area contributed by atoms with Crippen LogP contribution >= 0.6 is 0 Å². The zero-order chi connectivity index (χ0) is 19.2. The summed E-state index contributed by atoms with van der Waals surface area (Å²) in [7, 11) is 1.60. The van der Waals surface area contributed by atoms with Crippen LogP contribution in [-0.2, 0) is 20.7 Å². The molecule has 142 valence electrons. The smallest absolute Gasteiger partial charge is 0.262 e. The zero-order valence-electron chi connectivity index (χ0n) is 15.0. The number of amides is 2. The van der Waals surface area contributed by atoms with Crippen LogP contribution in [0, 0.1) is 5.82 Å². The van der Waals surface area contributed by atoms with Gasteiger partial charge in [0.25, 0.3) is 5.91 Å². The number of fused-ring (bicyclic) bond motifs is 1. The Morgan fingerprint density at radius 2 is 1.96 bits per heavy atom. The van der Waals surface area contributed by atoms with Crippen LogP contribution in [0.1, 0.15) is 12.0 Å². The molecule has 2 amide bonds. The zero-order valence-corrected chi connectivity index (χ0v) is 15.0. The van der Waals surface area contributed by atoms with E-state index in [-0.39, 0.29) is 24.2 Å². The lowest BCUT2D eigenvalue weighted by Crippen LogP contribution is -2.37. The lowest BCUT2D eigenvalue weighted by Gasteiger charge is -2.29. The molecule has 0 spiro atoms. The molecule has 3 rings (SSSR count). The largest absolute Gasteiger partial charge is 0.484 e. The average Bonchev–Trinajstić information content (AvgIpc) is 2.67. The molecule has 0 bridgehead atoms. The third kappa shape index (κ3) is 4.83. The van der Waals surface area contributed by atoms with Crippen LogP contribution in [-0.4, -0.2) is 38.7 Å². The van der Waals surface area contributed by atoms with Crippen molar-refractivity contribution in [1.82, 2.24) is 0 Å². The molecule has 0 radical (unpaired) electrons. The number of nitrogens with zero attached hydrogens (tertiary/aromatic N) is 1. The van der Waals surface area contributed by atoms with E-state index in [2.05, 4.69) is 5.32 Å². The molecule has 0 atom stereocenters. The van der Waals surface area contributed by atoms with E-state index < -0.39 is 0 Å². The number of halogens is 1. The van der Waals surface area contributed by atoms with E-state index >= 15 is 0 Å². The van der Waals surface area contributed by atoms with E-state index in [4.69, 9.17) is 9.47 Å². The van der Waals surface area contributed by atoms with Crippen molar-refractivity contribution in [2.45, 2.75) is 12.8 Å². The Balaban J connectivity index is 1.61. The van der Waals surface area contributed by atoms with Crippen molar-refractivity contribution >= 4 is 23.2 Å². The normalized spacial score (nSPS) is 13.3. The van der Waals surface area contributed by atoms with E-state index in [1.807, 2.05) is 12.1 Å². The highest BCUT2D eigenvalue weighted by molar-refractivity contribution is 5.97. The van der Waals surface area contributed by atoms with Gasteiger partial charge in [-0.25, -0.2) is 4.39 Å². The van der Waals surface area contributed by atoms with Gasteiger partial charge in [-0.15, -0.1) is 0 Å². The van der Waals surface area contributed by atoms with Crippen molar-refractivity contribution in [3.63, 3.8) is 0 Å². The highest BCUT2D eigenvalue weighted by atomic mass is 19.1. The number of rotatable bonds is 7. The fraction of sp³-hybridized carbons (Fsp3) is 0.300. The minimum absolute atomic E-state index is 0.0732. The Morgan fingerprint density at radius 3 is 2.70 bits per heavy atom. The van der Waals surface area contributed by atoms with Crippen molar-refractivity contribution in [1.29, 1.82) is 0 Å². The number of carbonyl (C=O) groups is 2. The van der Waals surface area contributed by atoms with Crippen LogP contribution in [0.5, 0.6) is 5.75 Å². The van der Waals surface area contributed by atoms with Crippen LogP contribution in [0.3, 0.4) is 0 Å². The molecule has 7 heteroatoms. The second-order valence-electron chi connectivity index (χ2n) is 6.17. The molecule has 0 aromatic heterocycles. The van der Waals surface area contributed by atoms with Gasteiger partial charge in [0.1, 0.15) is 11.6 Å². The SMILES string of the molecule is COCCN1C(=O)CCc2cc(NC(=O)COc3ccc(F)cc3)ccc21. The van der Waals surface area contributed by atoms with Crippen molar-refractivity contribution in [3.05, 3.63) is 53.8 Å². The van der Waals surface area contributed by atoms with Gasteiger partial charge in [0.15, 0.2) is 6.61 Å². The van der Waals surface area contributed by atoms with Gasteiger partial charge in [-0.3, -0.25) is 9.59 Å². The molecule has 0 fully saturated rings. The maximum atomic E-state index is 12.9. The van der Waals surface area contributed by atoms with Crippen LogP contribution in [0.2, 0.25) is 0 Å². The first-order valence-corrected chi connectivity index (χ1v) is 8.67. The number of aryl methyl sites for hydroxylation is 1. The molecule has 1 aliphatic heterocycles. The summed E-state index contributed by atoms with van der Waals surface area (Å²) in [5, 5.41) is 2.78. The quantitative estimate of drug-likeness (QED) is 0.812. The molecule has 1 aliphatic rings. The molecule has 1 heterocycles. The number of ether oxygens (including phenoxy) is 2. The van der Waals surface area contributed by atoms with Gasteiger partial charge < -0.3 is 19.7 Å². The number of nitrogens with one attached hydrogen (secondary N) is 1. The Labute approximate surface area is 156 Å². The summed E-state index contributed by atoms with van der Waals surface area (Å²) >= 11 is 0. The van der Waals surface area contributed by atoms with Gasteiger partial charge >= 0.3 is 0 Å². The lowest BCUT2D eigenvalue weighted by molar-refractivity contribution is -0.119. The van der Waals surface area contributed by atoms with Gasteiger partial charge in [-0.1, -0.05) is 0 Å². The number of benzene rings is 2. The van der Waals surface area contributed by atoms with Crippen molar-refractivity contribution in [3.8, 4) is 5.75 Å². The highest BCUT2D eigenvalue weighted by Crippen LogP contribution is 2.30. The maximum absolute atomic E-state index is 12.9. The first-order chi connectivity index (χ1) is 13.1. The standard InChI is InChI=1S/C20H21FN2O4/c1-26-11-10-23-18-8-5-16(12-14(18)2-9-20(23)25)22-19(24)13-27-17-6-3-15(21)4-7-17/h3-8,12H,2,9-11,13H2,1H3,(H,22,24). The molecule has 6 nitrogen and oxygen atoms in total. The molecule has 27 heavy (non-hydrogen) atoms. The second kappa shape index (κ2) is 8.64. The average molecular weight is 372 g/mol. The minimum atomic E-state index is -0.362. The Bertz CT molecular complexity index is 823. The fourth-order valence-electron chi connectivity index (χ4n) is 2.94. The van der Waals surface area contributed by atoms with E-state index in [9.17, 15) is 14.0 Å². The molecular weight excluding hydrogens is 351 g/mol. The van der Waals surface area contributed by atoms with Gasteiger partial charge in [-0.2, -0.15) is 0 Å². The topological polar surface area (TPSA) is 67.9 Å². The lowest BCUT2D eigenvalue weighted by atomic mass is 10.0. The number of hydrogen-bond acceptors (Lipinski definition) is 4. The van der Waals surface area contributed by atoms with E-state index in [1.54, 1.807) is 18.1 Å².